The molecule has 0 unspecified atom stereocenters. The summed E-state index contributed by atoms with van der Waals surface area (Å²) in [6.45, 7) is 0. The molecule has 0 spiro atoms. The topological polar surface area (TPSA) is 63.7 Å². The van der Waals surface area contributed by atoms with Crippen molar-refractivity contribution in [3.63, 3.8) is 0 Å². The van der Waals surface area contributed by atoms with E-state index in [1.165, 1.54) is 19.3 Å². The highest BCUT2D eigenvalue weighted by molar-refractivity contribution is 5.80. The van der Waals surface area contributed by atoms with E-state index in [4.69, 9.17) is 4.74 Å². The molecular formula is C17H18N4O. The molecule has 0 atom stereocenters. The SMILES string of the molecule is c1ncc(-c2cnc3[nH]ncc3c2)cc1OC1CCCCC1. The third kappa shape index (κ3) is 2.66. The Bertz CT molecular complexity index is 777. The molecular weight excluding hydrogens is 276 g/mol. The summed E-state index contributed by atoms with van der Waals surface area (Å²) in [5.41, 5.74) is 2.84. The number of nitrogens with one attached hydrogen (secondary N) is 1. The molecule has 0 amide bonds. The van der Waals surface area contributed by atoms with E-state index in [9.17, 15) is 0 Å². The van der Waals surface area contributed by atoms with E-state index < -0.39 is 0 Å². The van der Waals surface area contributed by atoms with Gasteiger partial charge >= 0.3 is 0 Å². The lowest BCUT2D eigenvalue weighted by Crippen LogP contribution is -2.19. The number of aromatic nitrogens is 4. The largest absolute Gasteiger partial charge is 0.489 e. The Hall–Kier alpha value is -2.43. The number of rotatable bonds is 3. The van der Waals surface area contributed by atoms with Crippen LogP contribution in [0.4, 0.5) is 0 Å². The van der Waals surface area contributed by atoms with Crippen molar-refractivity contribution in [3.8, 4) is 16.9 Å². The van der Waals surface area contributed by atoms with Gasteiger partial charge in [0, 0.05) is 28.9 Å². The second-order valence-electron chi connectivity index (χ2n) is 5.82. The number of hydrogen-bond donors (Lipinski definition) is 1. The summed E-state index contributed by atoms with van der Waals surface area (Å²) < 4.78 is 6.09. The maximum absolute atomic E-state index is 6.09. The third-order valence-electron chi connectivity index (χ3n) is 4.19. The molecule has 1 fully saturated rings. The van der Waals surface area contributed by atoms with E-state index in [0.29, 0.717) is 6.10 Å². The van der Waals surface area contributed by atoms with Crippen molar-refractivity contribution in [2.24, 2.45) is 0 Å². The molecule has 0 aromatic carbocycles. The Kier molecular flexibility index (Phi) is 3.46. The van der Waals surface area contributed by atoms with Gasteiger partial charge in [0.25, 0.3) is 0 Å². The standard InChI is InChI=1S/C17H18N4O/c1-2-4-15(5-3-1)22-16-7-13(8-18-11-16)12-6-14-10-20-21-17(14)19-9-12/h6-11,15H,1-5H2,(H,19,20,21). The van der Waals surface area contributed by atoms with E-state index in [-0.39, 0.29) is 0 Å². The molecule has 3 aromatic heterocycles. The van der Waals surface area contributed by atoms with Crippen LogP contribution in [0.2, 0.25) is 0 Å². The van der Waals surface area contributed by atoms with E-state index in [1.807, 2.05) is 18.5 Å². The summed E-state index contributed by atoms with van der Waals surface area (Å²) in [4.78, 5) is 8.69. The van der Waals surface area contributed by atoms with Crippen molar-refractivity contribution < 1.29 is 4.74 Å². The lowest BCUT2D eigenvalue weighted by Gasteiger charge is -2.22. The first-order chi connectivity index (χ1) is 10.9. The van der Waals surface area contributed by atoms with Gasteiger partial charge in [-0.05, 0) is 37.8 Å². The van der Waals surface area contributed by atoms with Crippen LogP contribution in [0.15, 0.2) is 36.9 Å². The van der Waals surface area contributed by atoms with E-state index >= 15 is 0 Å². The summed E-state index contributed by atoms with van der Waals surface area (Å²) in [6.07, 6.45) is 13.7. The van der Waals surface area contributed by atoms with Crippen molar-refractivity contribution in [1.29, 1.82) is 0 Å². The second kappa shape index (κ2) is 5.75. The van der Waals surface area contributed by atoms with Crippen LogP contribution in [0.5, 0.6) is 5.75 Å². The van der Waals surface area contributed by atoms with Crippen LogP contribution < -0.4 is 4.74 Å². The van der Waals surface area contributed by atoms with Gasteiger partial charge in [-0.15, -0.1) is 0 Å². The maximum atomic E-state index is 6.09. The van der Waals surface area contributed by atoms with Crippen LogP contribution in [0.3, 0.4) is 0 Å². The van der Waals surface area contributed by atoms with Gasteiger partial charge in [0.05, 0.1) is 18.5 Å². The number of hydrogen-bond acceptors (Lipinski definition) is 4. The fourth-order valence-electron chi connectivity index (χ4n) is 3.01. The molecule has 0 aliphatic heterocycles. The normalized spacial score (nSPS) is 16.0. The average Bonchev–Trinajstić information content (AvgIpc) is 3.04. The van der Waals surface area contributed by atoms with Crippen LogP contribution in [-0.2, 0) is 0 Å². The van der Waals surface area contributed by atoms with Crippen LogP contribution in [-0.4, -0.2) is 26.3 Å². The molecule has 0 radical (unpaired) electrons. The lowest BCUT2D eigenvalue weighted by atomic mass is 9.98. The monoisotopic (exact) mass is 294 g/mol. The van der Waals surface area contributed by atoms with E-state index in [1.54, 1.807) is 12.4 Å². The summed E-state index contributed by atoms with van der Waals surface area (Å²) in [7, 11) is 0. The number of H-pyrrole nitrogens is 1. The van der Waals surface area contributed by atoms with Crippen LogP contribution in [0.25, 0.3) is 22.2 Å². The van der Waals surface area contributed by atoms with Crippen molar-refractivity contribution in [2.45, 2.75) is 38.2 Å². The molecule has 1 aliphatic rings. The highest BCUT2D eigenvalue weighted by Gasteiger charge is 2.15. The molecule has 3 heterocycles. The highest BCUT2D eigenvalue weighted by atomic mass is 16.5. The number of aromatic amines is 1. The van der Waals surface area contributed by atoms with Gasteiger partial charge in [0.15, 0.2) is 5.65 Å². The molecule has 5 heteroatoms. The smallest absolute Gasteiger partial charge is 0.155 e. The Morgan fingerprint density at radius 2 is 1.82 bits per heavy atom. The van der Waals surface area contributed by atoms with Crippen LogP contribution in [0, 0.1) is 0 Å². The van der Waals surface area contributed by atoms with Crippen molar-refractivity contribution >= 4 is 11.0 Å². The van der Waals surface area contributed by atoms with Gasteiger partial charge in [-0.1, -0.05) is 6.42 Å². The fraction of sp³-hybridized carbons (Fsp3) is 0.353. The zero-order valence-corrected chi connectivity index (χ0v) is 12.3. The second-order valence-corrected chi connectivity index (χ2v) is 5.82. The van der Waals surface area contributed by atoms with Crippen LogP contribution >= 0.6 is 0 Å². The van der Waals surface area contributed by atoms with Gasteiger partial charge in [0.2, 0.25) is 0 Å². The van der Waals surface area contributed by atoms with Gasteiger partial charge in [-0.3, -0.25) is 10.1 Å². The van der Waals surface area contributed by atoms with Gasteiger partial charge in [-0.2, -0.15) is 5.10 Å². The van der Waals surface area contributed by atoms with Crippen LogP contribution in [0.1, 0.15) is 32.1 Å². The van der Waals surface area contributed by atoms with E-state index in [0.717, 1.165) is 40.8 Å². The predicted molar refractivity (Wildman–Crippen MR) is 84.6 cm³/mol. The zero-order chi connectivity index (χ0) is 14.8. The third-order valence-corrected chi connectivity index (χ3v) is 4.19. The molecule has 1 N–H and O–H groups in total. The van der Waals surface area contributed by atoms with Gasteiger partial charge in [-0.25, -0.2) is 4.98 Å². The number of nitrogens with zero attached hydrogens (tertiary/aromatic N) is 3. The van der Waals surface area contributed by atoms with Crippen molar-refractivity contribution in [3.05, 3.63) is 36.9 Å². The Labute approximate surface area is 128 Å². The molecule has 1 aliphatic carbocycles. The molecule has 22 heavy (non-hydrogen) atoms. The molecule has 4 rings (SSSR count). The van der Waals surface area contributed by atoms with Gasteiger partial charge in [0.1, 0.15) is 5.75 Å². The molecule has 112 valence electrons. The summed E-state index contributed by atoms with van der Waals surface area (Å²) >= 11 is 0. The summed E-state index contributed by atoms with van der Waals surface area (Å²) in [5, 5.41) is 7.86. The molecule has 5 nitrogen and oxygen atoms in total. The number of fused-ring (bicyclic) bond motifs is 1. The van der Waals surface area contributed by atoms with Gasteiger partial charge < -0.3 is 4.74 Å². The Morgan fingerprint density at radius 3 is 2.73 bits per heavy atom. The minimum atomic E-state index is 0.334. The molecule has 0 bridgehead atoms. The highest BCUT2D eigenvalue weighted by Crippen LogP contribution is 2.27. The lowest BCUT2D eigenvalue weighted by molar-refractivity contribution is 0.154. The minimum absolute atomic E-state index is 0.334. The number of ether oxygens (including phenoxy) is 1. The fourth-order valence-corrected chi connectivity index (χ4v) is 3.01. The zero-order valence-electron chi connectivity index (χ0n) is 12.3. The average molecular weight is 294 g/mol. The predicted octanol–water partition coefficient (Wildman–Crippen LogP) is 3.73. The number of pyridine rings is 2. The molecule has 0 saturated heterocycles. The summed E-state index contributed by atoms with van der Waals surface area (Å²) in [5.74, 6) is 0.844. The van der Waals surface area contributed by atoms with Crippen molar-refractivity contribution in [2.75, 3.05) is 0 Å². The first kappa shape index (κ1) is 13.2. The Balaban J connectivity index is 1.60. The Morgan fingerprint density at radius 1 is 0.955 bits per heavy atom. The minimum Gasteiger partial charge on any atom is -0.489 e. The van der Waals surface area contributed by atoms with Crippen molar-refractivity contribution in [1.82, 2.24) is 20.2 Å². The van der Waals surface area contributed by atoms with E-state index in [2.05, 4.69) is 26.2 Å². The first-order valence-corrected chi connectivity index (χ1v) is 7.80. The maximum Gasteiger partial charge on any atom is 0.155 e. The first-order valence-electron chi connectivity index (χ1n) is 7.80. The quantitative estimate of drug-likeness (QED) is 0.799. The molecule has 3 aromatic rings. The molecule has 1 saturated carbocycles. The summed E-state index contributed by atoms with van der Waals surface area (Å²) in [6, 6.07) is 4.11.